The second-order valence-corrected chi connectivity index (χ2v) is 6.14. The molecule has 0 heterocycles. The van der Waals surface area contributed by atoms with Crippen LogP contribution in [0.1, 0.15) is 44.4 Å². The number of carbonyl (C=O) groups is 1. The average Bonchev–Trinajstić information content (AvgIpc) is 2.42. The summed E-state index contributed by atoms with van der Waals surface area (Å²) in [6.07, 6.45) is -1.12. The van der Waals surface area contributed by atoms with Gasteiger partial charge in [-0.1, -0.05) is 26.8 Å². The highest BCUT2D eigenvalue weighted by Crippen LogP contribution is 2.33. The van der Waals surface area contributed by atoms with Crippen LogP contribution in [0, 0.1) is 0 Å². The summed E-state index contributed by atoms with van der Waals surface area (Å²) in [5.74, 6) is -0.402. The fourth-order valence-electron chi connectivity index (χ4n) is 2.21. The van der Waals surface area contributed by atoms with Crippen molar-refractivity contribution in [2.75, 3.05) is 14.2 Å². The van der Waals surface area contributed by atoms with Gasteiger partial charge in [0.25, 0.3) is 0 Å². The summed E-state index contributed by atoms with van der Waals surface area (Å²) in [7, 11) is 3.17. The van der Waals surface area contributed by atoms with E-state index in [1.807, 2.05) is 18.2 Å². The molecule has 1 aromatic rings. The van der Waals surface area contributed by atoms with Gasteiger partial charge in [-0.15, -0.1) is 0 Å². The first kappa shape index (κ1) is 17.5. The van der Waals surface area contributed by atoms with Crippen LogP contribution in [0.5, 0.6) is 5.75 Å². The lowest BCUT2D eigenvalue weighted by atomic mass is 9.84. The maximum absolute atomic E-state index is 10.9. The molecule has 2 atom stereocenters. The topological polar surface area (TPSA) is 78.8 Å². The van der Waals surface area contributed by atoms with E-state index in [1.54, 1.807) is 7.05 Å². The van der Waals surface area contributed by atoms with Crippen LogP contribution >= 0.6 is 0 Å². The Bertz CT molecular complexity index is 494. The lowest BCUT2D eigenvalue weighted by Crippen LogP contribution is -2.34. The molecular formula is C16H25NO4. The number of methoxy groups -OCH3 is 1. The molecule has 3 N–H and O–H groups in total. The average molecular weight is 295 g/mol. The maximum Gasteiger partial charge on any atom is 0.305 e. The first-order valence-corrected chi connectivity index (χ1v) is 6.96. The predicted molar refractivity (Wildman–Crippen MR) is 81.8 cm³/mol. The monoisotopic (exact) mass is 295 g/mol. The van der Waals surface area contributed by atoms with Gasteiger partial charge in [0, 0.05) is 11.6 Å². The van der Waals surface area contributed by atoms with E-state index in [1.165, 1.54) is 7.11 Å². The predicted octanol–water partition coefficient (Wildman–Crippen LogP) is 2.09. The Morgan fingerprint density at radius 3 is 2.43 bits per heavy atom. The molecule has 1 rings (SSSR count). The molecule has 0 aliphatic rings. The zero-order valence-electron chi connectivity index (χ0n) is 13.3. The van der Waals surface area contributed by atoms with Gasteiger partial charge in [-0.3, -0.25) is 4.79 Å². The smallest absolute Gasteiger partial charge is 0.305 e. The van der Waals surface area contributed by atoms with Gasteiger partial charge in [0.15, 0.2) is 0 Å². The van der Waals surface area contributed by atoms with Crippen LogP contribution in [0.4, 0.5) is 0 Å². The molecule has 21 heavy (non-hydrogen) atoms. The number of ether oxygens (including phenoxy) is 1. The molecule has 0 aliphatic carbocycles. The molecular weight excluding hydrogens is 270 g/mol. The van der Waals surface area contributed by atoms with Crippen molar-refractivity contribution in [3.05, 3.63) is 29.3 Å². The van der Waals surface area contributed by atoms with Crippen LogP contribution in [-0.4, -0.2) is 36.4 Å². The van der Waals surface area contributed by atoms with Gasteiger partial charge in [0.05, 0.1) is 19.6 Å². The Hall–Kier alpha value is -1.59. The summed E-state index contributed by atoms with van der Waals surface area (Å²) in [4.78, 5) is 10.9. The summed E-state index contributed by atoms with van der Waals surface area (Å²) in [5.41, 5.74) is 1.59. The van der Waals surface area contributed by atoms with Crippen molar-refractivity contribution in [2.24, 2.45) is 0 Å². The van der Waals surface area contributed by atoms with Crippen LogP contribution in [0.2, 0.25) is 0 Å². The number of aliphatic hydroxyl groups is 1. The molecule has 0 bridgehead atoms. The molecule has 118 valence electrons. The number of hydrogen-bond donors (Lipinski definition) is 3. The number of nitrogens with one attached hydrogen (secondary N) is 1. The van der Waals surface area contributed by atoms with Crippen molar-refractivity contribution in [1.29, 1.82) is 0 Å². The summed E-state index contributed by atoms with van der Waals surface area (Å²) >= 11 is 0. The minimum atomic E-state index is -0.959. The first-order chi connectivity index (χ1) is 9.70. The Kier molecular flexibility index (Phi) is 5.75. The number of aliphatic carboxylic acids is 1. The number of aliphatic hydroxyl groups excluding tert-OH is 1. The molecule has 0 spiro atoms. The maximum atomic E-state index is 10.9. The van der Waals surface area contributed by atoms with Crippen LogP contribution in [0.3, 0.4) is 0 Å². The van der Waals surface area contributed by atoms with Gasteiger partial charge >= 0.3 is 5.97 Å². The van der Waals surface area contributed by atoms with Crippen LogP contribution in [-0.2, 0) is 10.2 Å². The van der Waals surface area contributed by atoms with Crippen molar-refractivity contribution >= 4 is 5.97 Å². The second kappa shape index (κ2) is 6.91. The summed E-state index contributed by atoms with van der Waals surface area (Å²) in [6, 6.07) is 5.08. The number of hydrogen-bond acceptors (Lipinski definition) is 4. The quantitative estimate of drug-likeness (QED) is 0.749. The normalized spacial score (nSPS) is 14.6. The SMILES string of the molecule is CNC(CC(=O)O)C(O)c1cc(C(C)(C)C)ccc1OC. The minimum absolute atomic E-state index is 0.0668. The Morgan fingerprint density at radius 2 is 2.00 bits per heavy atom. The number of rotatable bonds is 6. The number of benzene rings is 1. The third-order valence-corrected chi connectivity index (χ3v) is 3.56. The molecule has 0 aliphatic heterocycles. The number of likely N-dealkylation sites (N-methyl/N-ethyl adjacent to an activating group) is 1. The molecule has 2 unspecified atom stereocenters. The largest absolute Gasteiger partial charge is 0.496 e. The standard InChI is InChI=1S/C16H25NO4/c1-16(2,3)10-6-7-13(21-5)11(8-10)15(20)12(17-4)9-14(18)19/h6-8,12,15,17,20H,9H2,1-5H3,(H,18,19). The molecule has 0 fully saturated rings. The highest BCUT2D eigenvalue weighted by Gasteiger charge is 2.26. The Morgan fingerprint density at radius 1 is 1.38 bits per heavy atom. The molecule has 0 aromatic heterocycles. The van der Waals surface area contributed by atoms with E-state index >= 15 is 0 Å². The lowest BCUT2D eigenvalue weighted by Gasteiger charge is -2.26. The number of carboxylic acid groups (broad SMARTS) is 1. The summed E-state index contributed by atoms with van der Waals surface area (Å²) in [6.45, 7) is 6.24. The molecule has 0 saturated heterocycles. The van der Waals surface area contributed by atoms with E-state index in [0.29, 0.717) is 11.3 Å². The molecule has 5 heteroatoms. The van der Waals surface area contributed by atoms with Crippen molar-refractivity contribution in [1.82, 2.24) is 5.32 Å². The van der Waals surface area contributed by atoms with E-state index in [4.69, 9.17) is 9.84 Å². The lowest BCUT2D eigenvalue weighted by molar-refractivity contribution is -0.138. The Labute approximate surface area is 125 Å². The molecule has 5 nitrogen and oxygen atoms in total. The van der Waals surface area contributed by atoms with Gasteiger partial charge in [0.2, 0.25) is 0 Å². The van der Waals surface area contributed by atoms with Crippen molar-refractivity contribution < 1.29 is 19.7 Å². The molecule has 0 saturated carbocycles. The van der Waals surface area contributed by atoms with Gasteiger partial charge in [-0.05, 0) is 30.2 Å². The molecule has 0 radical (unpaired) electrons. The molecule has 1 aromatic carbocycles. The van der Waals surface area contributed by atoms with Crippen LogP contribution < -0.4 is 10.1 Å². The molecule has 0 amide bonds. The van der Waals surface area contributed by atoms with Crippen molar-refractivity contribution in [3.8, 4) is 5.75 Å². The van der Waals surface area contributed by atoms with Crippen LogP contribution in [0.25, 0.3) is 0 Å². The highest BCUT2D eigenvalue weighted by atomic mass is 16.5. The summed E-state index contributed by atoms with van der Waals surface area (Å²) in [5, 5.41) is 22.3. The van der Waals surface area contributed by atoms with Crippen molar-refractivity contribution in [3.63, 3.8) is 0 Å². The van der Waals surface area contributed by atoms with Gasteiger partial charge in [-0.25, -0.2) is 0 Å². The van der Waals surface area contributed by atoms with Gasteiger partial charge in [0.1, 0.15) is 5.75 Å². The summed E-state index contributed by atoms with van der Waals surface area (Å²) < 4.78 is 5.30. The second-order valence-electron chi connectivity index (χ2n) is 6.14. The van der Waals surface area contributed by atoms with E-state index in [9.17, 15) is 9.90 Å². The van der Waals surface area contributed by atoms with E-state index < -0.39 is 18.1 Å². The van der Waals surface area contributed by atoms with E-state index in [0.717, 1.165) is 5.56 Å². The fraction of sp³-hybridized carbons (Fsp3) is 0.562. The van der Waals surface area contributed by atoms with E-state index in [2.05, 4.69) is 26.1 Å². The van der Waals surface area contributed by atoms with Gasteiger partial charge in [-0.2, -0.15) is 0 Å². The number of carboxylic acids is 1. The van der Waals surface area contributed by atoms with Gasteiger partial charge < -0.3 is 20.3 Å². The third kappa shape index (κ3) is 4.44. The minimum Gasteiger partial charge on any atom is -0.496 e. The fourth-order valence-corrected chi connectivity index (χ4v) is 2.21. The zero-order chi connectivity index (χ0) is 16.2. The Balaban J connectivity index is 3.21. The van der Waals surface area contributed by atoms with Crippen molar-refractivity contribution in [2.45, 2.75) is 44.8 Å². The van der Waals surface area contributed by atoms with E-state index in [-0.39, 0.29) is 11.8 Å². The van der Waals surface area contributed by atoms with Crippen LogP contribution in [0.15, 0.2) is 18.2 Å². The first-order valence-electron chi connectivity index (χ1n) is 6.96. The highest BCUT2D eigenvalue weighted by molar-refractivity contribution is 5.67. The zero-order valence-corrected chi connectivity index (χ0v) is 13.3. The third-order valence-electron chi connectivity index (χ3n) is 3.56.